The lowest BCUT2D eigenvalue weighted by Gasteiger charge is -2.28. The molecule has 0 fully saturated rings. The van der Waals surface area contributed by atoms with Crippen molar-refractivity contribution in [3.05, 3.63) is 29.3 Å². The lowest BCUT2D eigenvalue weighted by atomic mass is 10.0. The molecular formula is C14H20F3N3. The maximum atomic E-state index is 12.9. The van der Waals surface area contributed by atoms with Crippen LogP contribution in [0.1, 0.15) is 37.8 Å². The van der Waals surface area contributed by atoms with Crippen molar-refractivity contribution in [2.75, 3.05) is 11.9 Å². The summed E-state index contributed by atoms with van der Waals surface area (Å²) in [6, 6.07) is 3.94. The highest BCUT2D eigenvalue weighted by molar-refractivity contribution is 5.97. The van der Waals surface area contributed by atoms with Crippen molar-refractivity contribution in [1.82, 2.24) is 0 Å². The van der Waals surface area contributed by atoms with Crippen LogP contribution >= 0.6 is 0 Å². The number of nitrogens with two attached hydrogens (primary N) is 1. The van der Waals surface area contributed by atoms with Crippen LogP contribution in [0.15, 0.2) is 18.2 Å². The van der Waals surface area contributed by atoms with E-state index >= 15 is 0 Å². The van der Waals surface area contributed by atoms with Crippen molar-refractivity contribution >= 4 is 11.5 Å². The molecule has 3 N–H and O–H groups in total. The summed E-state index contributed by atoms with van der Waals surface area (Å²) in [5.74, 6) is -0.573. The first-order chi connectivity index (χ1) is 9.18. The Morgan fingerprint density at radius 1 is 1.40 bits per heavy atom. The largest absolute Gasteiger partial charge is 0.417 e. The minimum Gasteiger partial charge on any atom is -0.384 e. The Bertz CT molecular complexity index is 483. The van der Waals surface area contributed by atoms with Gasteiger partial charge >= 0.3 is 6.18 Å². The van der Waals surface area contributed by atoms with Gasteiger partial charge in [0.1, 0.15) is 5.84 Å². The van der Waals surface area contributed by atoms with E-state index in [4.69, 9.17) is 11.1 Å². The van der Waals surface area contributed by atoms with Gasteiger partial charge in [0.25, 0.3) is 0 Å². The zero-order chi connectivity index (χ0) is 15.5. The zero-order valence-electron chi connectivity index (χ0n) is 11.9. The van der Waals surface area contributed by atoms with Crippen molar-refractivity contribution in [3.63, 3.8) is 0 Å². The number of hydrogen-bond acceptors (Lipinski definition) is 2. The summed E-state index contributed by atoms with van der Waals surface area (Å²) in [4.78, 5) is 1.90. The molecule has 0 radical (unpaired) electrons. The third-order valence-corrected chi connectivity index (χ3v) is 3.37. The van der Waals surface area contributed by atoms with Gasteiger partial charge in [-0.2, -0.15) is 13.2 Å². The second-order valence-corrected chi connectivity index (χ2v) is 4.89. The monoisotopic (exact) mass is 287 g/mol. The Hall–Kier alpha value is -1.72. The number of nitrogens with one attached hydrogen (secondary N) is 1. The van der Waals surface area contributed by atoms with Crippen molar-refractivity contribution < 1.29 is 13.2 Å². The molecule has 0 saturated carbocycles. The first-order valence-electron chi connectivity index (χ1n) is 6.47. The van der Waals surface area contributed by atoms with Gasteiger partial charge < -0.3 is 10.6 Å². The summed E-state index contributed by atoms with van der Waals surface area (Å²) in [5.41, 5.74) is 4.77. The lowest BCUT2D eigenvalue weighted by Crippen LogP contribution is -2.29. The van der Waals surface area contributed by atoms with Crippen molar-refractivity contribution in [2.24, 2.45) is 5.73 Å². The van der Waals surface area contributed by atoms with Gasteiger partial charge in [0.05, 0.1) is 5.56 Å². The molecule has 1 aromatic rings. The van der Waals surface area contributed by atoms with Crippen LogP contribution in [-0.4, -0.2) is 18.9 Å². The standard InChI is InChI=1S/C14H20F3N3/c1-4-5-9(2)20(3)10-6-7-12(14(15,16)17)11(8-10)13(18)19/h6-9H,4-5H2,1-3H3,(H3,18,19). The van der Waals surface area contributed by atoms with Crippen LogP contribution in [0, 0.1) is 5.41 Å². The number of amidine groups is 1. The summed E-state index contributed by atoms with van der Waals surface area (Å²) < 4.78 is 38.6. The predicted molar refractivity (Wildman–Crippen MR) is 75.2 cm³/mol. The maximum absolute atomic E-state index is 12.9. The van der Waals surface area contributed by atoms with Crippen LogP contribution in [0.2, 0.25) is 0 Å². The second kappa shape index (κ2) is 6.15. The Balaban J connectivity index is 3.20. The number of nitrogen functional groups attached to an aromatic ring is 1. The topological polar surface area (TPSA) is 53.1 Å². The van der Waals surface area contributed by atoms with Crippen LogP contribution in [0.25, 0.3) is 0 Å². The molecule has 20 heavy (non-hydrogen) atoms. The van der Waals surface area contributed by atoms with E-state index in [0.29, 0.717) is 5.69 Å². The van der Waals surface area contributed by atoms with E-state index in [9.17, 15) is 13.2 Å². The molecule has 0 saturated heterocycles. The van der Waals surface area contributed by atoms with Gasteiger partial charge in [-0.25, -0.2) is 0 Å². The number of nitrogens with zero attached hydrogens (tertiary/aromatic N) is 1. The molecule has 6 heteroatoms. The Morgan fingerprint density at radius 2 is 2.00 bits per heavy atom. The van der Waals surface area contributed by atoms with E-state index in [-0.39, 0.29) is 11.6 Å². The fraction of sp³-hybridized carbons (Fsp3) is 0.500. The van der Waals surface area contributed by atoms with Gasteiger partial charge in [-0.1, -0.05) is 13.3 Å². The number of anilines is 1. The molecule has 0 heterocycles. The van der Waals surface area contributed by atoms with Crippen LogP contribution in [-0.2, 0) is 6.18 Å². The van der Waals surface area contributed by atoms with E-state index in [0.717, 1.165) is 18.9 Å². The molecule has 0 bridgehead atoms. The van der Waals surface area contributed by atoms with Gasteiger partial charge in [0.15, 0.2) is 0 Å². The van der Waals surface area contributed by atoms with Crippen LogP contribution in [0.4, 0.5) is 18.9 Å². The average molecular weight is 287 g/mol. The predicted octanol–water partition coefficient (Wildman–Crippen LogP) is 3.61. The van der Waals surface area contributed by atoms with Gasteiger partial charge in [-0.05, 0) is 31.5 Å². The molecule has 0 aliphatic carbocycles. The minimum atomic E-state index is -4.51. The SMILES string of the molecule is CCCC(C)N(C)c1ccc(C(F)(F)F)c(C(=N)N)c1. The number of halogens is 3. The first kappa shape index (κ1) is 16.3. The van der Waals surface area contributed by atoms with E-state index in [1.54, 1.807) is 0 Å². The number of benzene rings is 1. The molecular weight excluding hydrogens is 267 g/mol. The molecule has 0 aliphatic rings. The molecule has 1 unspecified atom stereocenters. The Kier molecular flexibility index (Phi) is 5.03. The zero-order valence-corrected chi connectivity index (χ0v) is 11.9. The average Bonchev–Trinajstić information content (AvgIpc) is 2.36. The third kappa shape index (κ3) is 3.65. The third-order valence-electron chi connectivity index (χ3n) is 3.37. The van der Waals surface area contributed by atoms with Crippen LogP contribution < -0.4 is 10.6 Å². The second-order valence-electron chi connectivity index (χ2n) is 4.89. The highest BCUT2D eigenvalue weighted by atomic mass is 19.4. The normalized spacial score (nSPS) is 13.1. The van der Waals surface area contributed by atoms with E-state index in [1.165, 1.54) is 12.1 Å². The van der Waals surface area contributed by atoms with E-state index < -0.39 is 17.6 Å². The summed E-state index contributed by atoms with van der Waals surface area (Å²) in [6.07, 6.45) is -2.58. The molecule has 1 atom stereocenters. The van der Waals surface area contributed by atoms with Crippen molar-refractivity contribution in [1.29, 1.82) is 5.41 Å². The lowest BCUT2D eigenvalue weighted by molar-refractivity contribution is -0.137. The maximum Gasteiger partial charge on any atom is 0.417 e. The summed E-state index contributed by atoms with van der Waals surface area (Å²) in [5, 5.41) is 7.34. The summed E-state index contributed by atoms with van der Waals surface area (Å²) in [7, 11) is 1.83. The molecule has 3 nitrogen and oxygen atoms in total. The molecule has 1 aromatic carbocycles. The first-order valence-corrected chi connectivity index (χ1v) is 6.47. The smallest absolute Gasteiger partial charge is 0.384 e. The quantitative estimate of drug-likeness (QED) is 0.642. The highest BCUT2D eigenvalue weighted by Gasteiger charge is 2.34. The van der Waals surface area contributed by atoms with E-state index in [1.807, 2.05) is 18.9 Å². The Labute approximate surface area is 117 Å². The van der Waals surface area contributed by atoms with Gasteiger partial charge in [0.2, 0.25) is 0 Å². The minimum absolute atomic E-state index is 0.205. The number of alkyl halides is 3. The van der Waals surface area contributed by atoms with Crippen molar-refractivity contribution in [3.8, 4) is 0 Å². The number of rotatable bonds is 5. The van der Waals surface area contributed by atoms with Gasteiger partial charge in [-0.15, -0.1) is 0 Å². The van der Waals surface area contributed by atoms with Crippen LogP contribution in [0.3, 0.4) is 0 Å². The van der Waals surface area contributed by atoms with Crippen LogP contribution in [0.5, 0.6) is 0 Å². The molecule has 1 rings (SSSR count). The molecule has 0 spiro atoms. The number of hydrogen-bond donors (Lipinski definition) is 2. The van der Waals surface area contributed by atoms with Gasteiger partial charge in [0, 0.05) is 24.3 Å². The highest BCUT2D eigenvalue weighted by Crippen LogP contribution is 2.34. The molecule has 0 aliphatic heterocycles. The van der Waals surface area contributed by atoms with Crippen molar-refractivity contribution in [2.45, 2.75) is 38.9 Å². The fourth-order valence-corrected chi connectivity index (χ4v) is 2.09. The van der Waals surface area contributed by atoms with Gasteiger partial charge in [-0.3, -0.25) is 5.41 Å². The summed E-state index contributed by atoms with van der Waals surface area (Å²) >= 11 is 0. The summed E-state index contributed by atoms with van der Waals surface area (Å²) in [6.45, 7) is 4.06. The molecule has 112 valence electrons. The molecule has 0 aromatic heterocycles. The molecule has 0 amide bonds. The fourth-order valence-electron chi connectivity index (χ4n) is 2.09. The Morgan fingerprint density at radius 3 is 2.45 bits per heavy atom. The van der Waals surface area contributed by atoms with E-state index in [2.05, 4.69) is 6.92 Å².